The highest BCUT2D eigenvalue weighted by atomic mass is 16.5. The minimum Gasteiger partial charge on any atom is -0.469 e. The van der Waals surface area contributed by atoms with Gasteiger partial charge in [-0.25, -0.2) is 0 Å². The van der Waals surface area contributed by atoms with Crippen LogP contribution < -0.4 is 5.43 Å². The summed E-state index contributed by atoms with van der Waals surface area (Å²) in [6.45, 7) is 0. The lowest BCUT2D eigenvalue weighted by atomic mass is 10.1. The number of aromatic nitrogens is 1. The summed E-state index contributed by atoms with van der Waals surface area (Å²) in [7, 11) is 1.24. The van der Waals surface area contributed by atoms with Crippen molar-refractivity contribution in [3.05, 3.63) is 33.7 Å². The van der Waals surface area contributed by atoms with E-state index < -0.39 is 11.4 Å². The van der Waals surface area contributed by atoms with Gasteiger partial charge < -0.3 is 9.72 Å². The Balaban J connectivity index is 3.04. The largest absolute Gasteiger partial charge is 0.469 e. The van der Waals surface area contributed by atoms with Gasteiger partial charge in [-0.2, -0.15) is 0 Å². The number of aromatic amines is 1. The lowest BCUT2D eigenvalue weighted by Crippen LogP contribution is -2.18. The van der Waals surface area contributed by atoms with Crippen LogP contribution >= 0.6 is 0 Å². The summed E-state index contributed by atoms with van der Waals surface area (Å²) in [6, 6.07) is 0. The van der Waals surface area contributed by atoms with E-state index in [1.807, 2.05) is 0 Å². The average molecular weight is 195 g/mol. The number of esters is 1. The molecule has 1 N–H and O–H groups in total. The molecule has 1 aromatic rings. The molecule has 0 amide bonds. The molecule has 0 saturated carbocycles. The summed E-state index contributed by atoms with van der Waals surface area (Å²) in [5.41, 5.74) is -0.211. The fourth-order valence-corrected chi connectivity index (χ4v) is 0.995. The van der Waals surface area contributed by atoms with Crippen LogP contribution in [-0.2, 0) is 16.0 Å². The molecule has 0 spiro atoms. The lowest BCUT2D eigenvalue weighted by Gasteiger charge is -1.99. The van der Waals surface area contributed by atoms with Gasteiger partial charge in [-0.1, -0.05) is 0 Å². The van der Waals surface area contributed by atoms with Crippen molar-refractivity contribution in [2.24, 2.45) is 0 Å². The highest BCUT2D eigenvalue weighted by Gasteiger charge is 2.08. The number of nitrogens with one attached hydrogen (secondary N) is 1. The predicted octanol–water partition coefficient (Wildman–Crippen LogP) is -0.0971. The molecule has 0 saturated heterocycles. The number of rotatable bonds is 3. The van der Waals surface area contributed by atoms with Crippen molar-refractivity contribution in [2.75, 3.05) is 7.11 Å². The Bertz CT molecular complexity index is 408. The molecule has 0 unspecified atom stereocenters. The van der Waals surface area contributed by atoms with Gasteiger partial charge in [0.25, 0.3) is 0 Å². The number of aldehydes is 1. The smallest absolute Gasteiger partial charge is 0.310 e. The molecule has 0 bridgehead atoms. The fraction of sp³-hybridized carbons (Fsp3) is 0.222. The second kappa shape index (κ2) is 4.36. The standard InChI is InChI=1S/C9H9NO4/c1-14-8(12)2-6-3-10-4-7(5-11)9(6)13/h3-5H,2H2,1H3,(H,10,13). The zero-order chi connectivity index (χ0) is 10.6. The van der Waals surface area contributed by atoms with Gasteiger partial charge in [0, 0.05) is 18.0 Å². The Hall–Kier alpha value is -1.91. The molecule has 0 aliphatic rings. The van der Waals surface area contributed by atoms with Crippen LogP contribution in [0.4, 0.5) is 0 Å². The second-order valence-electron chi connectivity index (χ2n) is 2.64. The van der Waals surface area contributed by atoms with E-state index >= 15 is 0 Å². The number of H-pyrrole nitrogens is 1. The summed E-state index contributed by atoms with van der Waals surface area (Å²) in [4.78, 5) is 35.3. The molecule has 14 heavy (non-hydrogen) atoms. The van der Waals surface area contributed by atoms with E-state index in [4.69, 9.17) is 0 Å². The Kier molecular flexibility index (Phi) is 3.17. The van der Waals surface area contributed by atoms with Crippen molar-refractivity contribution in [2.45, 2.75) is 6.42 Å². The van der Waals surface area contributed by atoms with Crippen molar-refractivity contribution in [3.63, 3.8) is 0 Å². The third-order valence-corrected chi connectivity index (χ3v) is 1.74. The summed E-state index contributed by atoms with van der Waals surface area (Å²) in [6.07, 6.45) is 2.98. The lowest BCUT2D eigenvalue weighted by molar-refractivity contribution is -0.139. The number of carbonyl (C=O) groups excluding carboxylic acids is 2. The maximum atomic E-state index is 11.4. The van der Waals surface area contributed by atoms with Crippen molar-refractivity contribution >= 4 is 12.3 Å². The van der Waals surface area contributed by atoms with Gasteiger partial charge in [0.1, 0.15) is 0 Å². The van der Waals surface area contributed by atoms with E-state index in [0.29, 0.717) is 6.29 Å². The van der Waals surface area contributed by atoms with Crippen LogP contribution in [0.25, 0.3) is 0 Å². The van der Waals surface area contributed by atoms with Crippen LogP contribution in [0.2, 0.25) is 0 Å². The molecule has 5 nitrogen and oxygen atoms in total. The Morgan fingerprint density at radius 1 is 1.57 bits per heavy atom. The first-order valence-electron chi connectivity index (χ1n) is 3.91. The molecule has 1 rings (SSSR count). The first-order chi connectivity index (χ1) is 6.69. The quantitative estimate of drug-likeness (QED) is 0.540. The highest BCUT2D eigenvalue weighted by molar-refractivity contribution is 5.76. The molecule has 0 aromatic carbocycles. The van der Waals surface area contributed by atoms with E-state index in [2.05, 4.69) is 9.72 Å². The second-order valence-corrected chi connectivity index (χ2v) is 2.64. The van der Waals surface area contributed by atoms with Crippen molar-refractivity contribution < 1.29 is 14.3 Å². The van der Waals surface area contributed by atoms with Crippen LogP contribution in [0.3, 0.4) is 0 Å². The van der Waals surface area contributed by atoms with E-state index in [0.717, 1.165) is 0 Å². The molecule has 0 radical (unpaired) electrons. The van der Waals surface area contributed by atoms with Crippen LogP contribution in [0, 0.1) is 0 Å². The van der Waals surface area contributed by atoms with Gasteiger partial charge >= 0.3 is 5.97 Å². The van der Waals surface area contributed by atoms with Gasteiger partial charge in [-0.15, -0.1) is 0 Å². The van der Waals surface area contributed by atoms with E-state index in [1.54, 1.807) is 0 Å². The molecule has 0 aliphatic carbocycles. The number of hydrogen-bond donors (Lipinski definition) is 1. The third kappa shape index (κ3) is 2.07. The molecular formula is C9H9NO4. The van der Waals surface area contributed by atoms with E-state index in [9.17, 15) is 14.4 Å². The summed E-state index contributed by atoms with van der Waals surface area (Å²) < 4.78 is 4.40. The average Bonchev–Trinajstić information content (AvgIpc) is 2.21. The number of methoxy groups -OCH3 is 1. The molecule has 1 heterocycles. The zero-order valence-corrected chi connectivity index (χ0v) is 7.57. The Labute approximate surface area is 79.7 Å². The summed E-state index contributed by atoms with van der Waals surface area (Å²) in [5, 5.41) is 0. The molecular weight excluding hydrogens is 186 g/mol. The van der Waals surface area contributed by atoms with Crippen molar-refractivity contribution in [1.82, 2.24) is 4.98 Å². The zero-order valence-electron chi connectivity index (χ0n) is 7.57. The molecule has 0 aliphatic heterocycles. The number of pyridine rings is 1. The molecule has 1 aromatic heterocycles. The minimum atomic E-state index is -0.515. The number of hydrogen-bond acceptors (Lipinski definition) is 4. The topological polar surface area (TPSA) is 76.2 Å². The van der Waals surface area contributed by atoms with Crippen LogP contribution in [0.15, 0.2) is 17.2 Å². The fourth-order valence-electron chi connectivity index (χ4n) is 0.995. The minimum absolute atomic E-state index is 0.00593. The SMILES string of the molecule is COC(=O)Cc1c[nH]cc(C=O)c1=O. The summed E-state index contributed by atoms with van der Waals surface area (Å²) >= 11 is 0. The molecule has 5 heteroatoms. The predicted molar refractivity (Wildman–Crippen MR) is 48.2 cm³/mol. The van der Waals surface area contributed by atoms with Gasteiger partial charge in [0.2, 0.25) is 0 Å². The Morgan fingerprint density at radius 3 is 2.86 bits per heavy atom. The monoisotopic (exact) mass is 195 g/mol. The van der Waals surface area contributed by atoms with Gasteiger partial charge in [-0.05, 0) is 0 Å². The van der Waals surface area contributed by atoms with Gasteiger partial charge in [-0.3, -0.25) is 14.4 Å². The van der Waals surface area contributed by atoms with E-state index in [1.165, 1.54) is 19.5 Å². The van der Waals surface area contributed by atoms with Crippen LogP contribution in [0.1, 0.15) is 15.9 Å². The summed E-state index contributed by atoms with van der Waals surface area (Å²) in [5.74, 6) is -0.515. The Morgan fingerprint density at radius 2 is 2.29 bits per heavy atom. The number of ether oxygens (including phenoxy) is 1. The first kappa shape index (κ1) is 10.2. The molecule has 0 fully saturated rings. The molecule has 0 atom stereocenters. The third-order valence-electron chi connectivity index (χ3n) is 1.74. The van der Waals surface area contributed by atoms with Crippen LogP contribution in [0.5, 0.6) is 0 Å². The van der Waals surface area contributed by atoms with Crippen molar-refractivity contribution in [1.29, 1.82) is 0 Å². The maximum Gasteiger partial charge on any atom is 0.310 e. The first-order valence-corrected chi connectivity index (χ1v) is 3.91. The van der Waals surface area contributed by atoms with Crippen LogP contribution in [-0.4, -0.2) is 24.3 Å². The van der Waals surface area contributed by atoms with E-state index in [-0.39, 0.29) is 17.5 Å². The normalized spacial score (nSPS) is 9.50. The number of carbonyl (C=O) groups is 2. The van der Waals surface area contributed by atoms with Gasteiger partial charge in [0.05, 0.1) is 19.1 Å². The van der Waals surface area contributed by atoms with Gasteiger partial charge in [0.15, 0.2) is 11.7 Å². The maximum absolute atomic E-state index is 11.4. The highest BCUT2D eigenvalue weighted by Crippen LogP contribution is 1.94. The van der Waals surface area contributed by atoms with Crippen molar-refractivity contribution in [3.8, 4) is 0 Å². The molecule has 74 valence electrons.